The van der Waals surface area contributed by atoms with Gasteiger partial charge in [0.15, 0.2) is 5.82 Å². The molecule has 0 aliphatic carbocycles. The van der Waals surface area contributed by atoms with Gasteiger partial charge in [0.1, 0.15) is 26.7 Å². The highest BCUT2D eigenvalue weighted by Gasteiger charge is 2.28. The number of aliphatic imine (C=N–C) groups is 1. The van der Waals surface area contributed by atoms with Crippen LogP contribution < -0.4 is 21.9 Å². The second-order valence-electron chi connectivity index (χ2n) is 5.49. The Hall–Kier alpha value is -2.04. The minimum absolute atomic E-state index is 0.106. The van der Waals surface area contributed by atoms with Crippen LogP contribution in [0.5, 0.6) is 0 Å². The zero-order valence-electron chi connectivity index (χ0n) is 17.0. The van der Waals surface area contributed by atoms with Crippen molar-refractivity contribution in [3.8, 4) is 0 Å². The number of thiol groups is 1. The van der Waals surface area contributed by atoms with Crippen LogP contribution in [0.1, 0.15) is 19.4 Å². The molecule has 10 heteroatoms. The minimum Gasteiger partial charge on any atom is -0.388 e. The summed E-state index contributed by atoms with van der Waals surface area (Å²) in [6.45, 7) is 7.23. The van der Waals surface area contributed by atoms with Crippen LogP contribution in [0.3, 0.4) is 0 Å². The van der Waals surface area contributed by atoms with Crippen molar-refractivity contribution in [3.63, 3.8) is 0 Å². The molecule has 3 rings (SSSR count). The number of hydrazine groups is 1. The van der Waals surface area contributed by atoms with Crippen LogP contribution in [0.15, 0.2) is 80.6 Å². The Morgan fingerprint density at radius 1 is 1.37 bits per heavy atom. The van der Waals surface area contributed by atoms with Gasteiger partial charge in [0.05, 0.1) is 5.56 Å². The van der Waals surface area contributed by atoms with Crippen LogP contribution in [0, 0.1) is 0 Å². The number of nitrogens with one attached hydrogen (secondary N) is 1. The molecular weight excluding hydrogens is 458 g/mol. The number of fused-ring (bicyclic) bond motifs is 1. The van der Waals surface area contributed by atoms with E-state index >= 15 is 0 Å². The Labute approximate surface area is 194 Å². The van der Waals surface area contributed by atoms with Crippen molar-refractivity contribution in [2.24, 2.45) is 16.6 Å². The molecule has 0 radical (unpaired) electrons. The fourth-order valence-electron chi connectivity index (χ4n) is 2.16. The van der Waals surface area contributed by atoms with Gasteiger partial charge in [-0.1, -0.05) is 36.4 Å². The molecule has 1 aliphatic heterocycles. The van der Waals surface area contributed by atoms with Gasteiger partial charge in [0, 0.05) is 17.0 Å². The van der Waals surface area contributed by atoms with Crippen LogP contribution in [0.4, 0.5) is 5.00 Å². The number of hydrogen-bond donors (Lipinski definition) is 4. The highest BCUT2D eigenvalue weighted by molar-refractivity contribution is 7.89. The molecule has 0 spiro atoms. The van der Waals surface area contributed by atoms with Gasteiger partial charge in [-0.05, 0) is 48.9 Å². The van der Waals surface area contributed by atoms with Crippen molar-refractivity contribution in [3.05, 3.63) is 81.3 Å². The summed E-state index contributed by atoms with van der Waals surface area (Å²) in [5, 5.41) is 9.17. The molecule has 1 aliphatic rings. The summed E-state index contributed by atoms with van der Waals surface area (Å²) in [7, 11) is 0.0646. The fraction of sp³-hybridized carbons (Fsp3) is 0.150. The van der Waals surface area contributed by atoms with Gasteiger partial charge in [-0.15, -0.1) is 11.3 Å². The maximum absolute atomic E-state index is 12.7. The number of rotatable bonds is 2. The molecular formula is C20H26ClN5OS3. The van der Waals surface area contributed by atoms with Gasteiger partial charge in [-0.2, -0.15) is 12.6 Å². The lowest BCUT2D eigenvalue weighted by molar-refractivity contribution is 0.685. The third kappa shape index (κ3) is 6.75. The molecule has 1 unspecified atom stereocenters. The first kappa shape index (κ1) is 26.0. The number of thiophene rings is 1. The molecule has 5 N–H and O–H groups in total. The topological polar surface area (TPSA) is 96.7 Å². The maximum atomic E-state index is 12.7. The number of nitrogens with zero attached hydrogens (tertiary/aromatic N) is 2. The smallest absolute Gasteiger partial charge is 0.160 e. The van der Waals surface area contributed by atoms with Gasteiger partial charge in [-0.3, -0.25) is 10.0 Å². The molecule has 162 valence electrons. The van der Waals surface area contributed by atoms with Crippen molar-refractivity contribution in [2.75, 3.05) is 12.1 Å². The predicted molar refractivity (Wildman–Crippen MR) is 135 cm³/mol. The summed E-state index contributed by atoms with van der Waals surface area (Å²) in [6, 6.07) is 8.65. The van der Waals surface area contributed by atoms with Crippen molar-refractivity contribution in [1.29, 1.82) is 0 Å². The first-order chi connectivity index (χ1) is 14.4. The minimum atomic E-state index is -1.60. The van der Waals surface area contributed by atoms with E-state index in [9.17, 15) is 4.21 Å². The average Bonchev–Trinajstić information content (AvgIpc) is 3.24. The summed E-state index contributed by atoms with van der Waals surface area (Å²) in [4.78, 5) is 4.70. The lowest BCUT2D eigenvalue weighted by atomic mass is 10.2. The summed E-state index contributed by atoms with van der Waals surface area (Å²) >= 11 is 11.0. The fourth-order valence-corrected chi connectivity index (χ4v) is 4.26. The largest absolute Gasteiger partial charge is 0.388 e. The number of anilines is 1. The molecule has 6 nitrogen and oxygen atoms in total. The van der Waals surface area contributed by atoms with E-state index in [1.165, 1.54) is 21.8 Å². The molecule has 1 aromatic carbocycles. The summed E-state index contributed by atoms with van der Waals surface area (Å²) in [5.41, 5.74) is 6.99. The Bertz CT molecular complexity index is 965. The Balaban J connectivity index is 0.000000564. The SMILES string of the molecule is C/C=C\C.C=CS.CN=C1N/C(=C(/N)S(=O)c2cccc(Cl)c2)N(N)c2sccc21. The zero-order chi connectivity index (χ0) is 22.7. The lowest BCUT2D eigenvalue weighted by Gasteiger charge is -2.29. The van der Waals surface area contributed by atoms with Gasteiger partial charge < -0.3 is 11.1 Å². The van der Waals surface area contributed by atoms with E-state index in [0.717, 1.165) is 10.6 Å². The van der Waals surface area contributed by atoms with E-state index in [2.05, 4.69) is 29.5 Å². The normalized spacial score (nSPS) is 16.5. The number of amidine groups is 1. The third-order valence-electron chi connectivity index (χ3n) is 3.60. The van der Waals surface area contributed by atoms with E-state index in [0.29, 0.717) is 21.6 Å². The Kier molecular flexibility index (Phi) is 11.5. The molecule has 0 saturated heterocycles. The van der Waals surface area contributed by atoms with Crippen LogP contribution in [-0.4, -0.2) is 17.1 Å². The van der Waals surface area contributed by atoms with Crippen LogP contribution in [0.2, 0.25) is 5.02 Å². The molecule has 2 aromatic rings. The second kappa shape index (κ2) is 13.3. The van der Waals surface area contributed by atoms with Crippen LogP contribution in [-0.2, 0) is 10.8 Å². The summed E-state index contributed by atoms with van der Waals surface area (Å²) in [6.07, 6.45) is 4.00. The van der Waals surface area contributed by atoms with Crippen LogP contribution >= 0.6 is 35.6 Å². The van der Waals surface area contributed by atoms with Gasteiger partial charge in [0.25, 0.3) is 0 Å². The molecule has 1 aromatic heterocycles. The molecule has 2 heterocycles. The van der Waals surface area contributed by atoms with Gasteiger partial charge >= 0.3 is 0 Å². The average molecular weight is 484 g/mol. The molecule has 30 heavy (non-hydrogen) atoms. The highest BCUT2D eigenvalue weighted by atomic mass is 35.5. The van der Waals surface area contributed by atoms with E-state index in [4.69, 9.17) is 23.2 Å². The summed E-state index contributed by atoms with van der Waals surface area (Å²) in [5.74, 6) is 7.10. The standard InChI is InChI=1S/C14H14ClN5OS2.C4H8.C2H4S/c1-18-12-10-5-6-22-14(10)20(17)13(19-12)11(16)23(21)9-4-2-3-8(15)7-9;1-3-4-2;1-2-3/h2-7H,16-17H2,1H3,(H,18,19);3-4H,1-2H3;2-3H,1H2/b13-11+;4-3-;. The quantitative estimate of drug-likeness (QED) is 0.284. The number of benzene rings is 1. The molecule has 1 atom stereocenters. The third-order valence-corrected chi connectivity index (χ3v) is 6.02. The van der Waals surface area contributed by atoms with E-state index in [1.54, 1.807) is 31.3 Å². The summed E-state index contributed by atoms with van der Waals surface area (Å²) < 4.78 is 12.7. The van der Waals surface area contributed by atoms with Gasteiger partial charge in [0.2, 0.25) is 0 Å². The Morgan fingerprint density at radius 2 is 2.00 bits per heavy atom. The van der Waals surface area contributed by atoms with Crippen molar-refractivity contribution in [2.45, 2.75) is 18.7 Å². The number of halogens is 1. The highest BCUT2D eigenvalue weighted by Crippen LogP contribution is 2.32. The van der Waals surface area contributed by atoms with E-state index in [-0.39, 0.29) is 5.03 Å². The van der Waals surface area contributed by atoms with Gasteiger partial charge in [-0.25, -0.2) is 10.1 Å². The monoisotopic (exact) mass is 483 g/mol. The van der Waals surface area contributed by atoms with E-state index < -0.39 is 10.8 Å². The lowest BCUT2D eigenvalue weighted by Crippen LogP contribution is -2.46. The first-order valence-electron chi connectivity index (χ1n) is 8.72. The van der Waals surface area contributed by atoms with Crippen LogP contribution in [0.25, 0.3) is 0 Å². The second-order valence-corrected chi connectivity index (χ2v) is 8.64. The molecule has 0 saturated carbocycles. The van der Waals surface area contributed by atoms with Crippen molar-refractivity contribution >= 4 is 57.2 Å². The molecule has 0 fully saturated rings. The Morgan fingerprint density at radius 3 is 2.53 bits per heavy atom. The first-order valence-corrected chi connectivity index (χ1v) is 11.6. The molecule has 0 bridgehead atoms. The van der Waals surface area contributed by atoms with Crippen molar-refractivity contribution < 1.29 is 4.21 Å². The van der Waals surface area contributed by atoms with Crippen molar-refractivity contribution in [1.82, 2.24) is 5.32 Å². The maximum Gasteiger partial charge on any atom is 0.160 e. The zero-order valence-corrected chi connectivity index (χ0v) is 20.3. The predicted octanol–water partition coefficient (Wildman–Crippen LogP) is 4.60. The number of allylic oxidation sites excluding steroid dienone is 2. The molecule has 0 amide bonds. The van der Waals surface area contributed by atoms with E-state index in [1.807, 2.05) is 37.4 Å². The number of hydrogen-bond acceptors (Lipinski definition) is 7. The number of nitrogens with two attached hydrogens (primary N) is 2.